The summed E-state index contributed by atoms with van der Waals surface area (Å²) in [4.78, 5) is 5.14. The number of rotatable bonds is 9. The summed E-state index contributed by atoms with van der Waals surface area (Å²) >= 11 is 0. The molecule has 4 rings (SSSR count). The van der Waals surface area contributed by atoms with Crippen molar-refractivity contribution in [2.75, 3.05) is 54.1 Å². The molecule has 9 heteroatoms. The second-order valence-corrected chi connectivity index (χ2v) is 8.27. The predicted molar refractivity (Wildman–Crippen MR) is 116 cm³/mol. The van der Waals surface area contributed by atoms with E-state index in [2.05, 4.69) is 31.4 Å². The first kappa shape index (κ1) is 22.0. The fourth-order valence-corrected chi connectivity index (χ4v) is 4.92. The van der Waals surface area contributed by atoms with Gasteiger partial charge in [0.2, 0.25) is 0 Å². The van der Waals surface area contributed by atoms with Crippen LogP contribution in [0.4, 0.5) is 0 Å². The Balaban J connectivity index is 1.63. The summed E-state index contributed by atoms with van der Waals surface area (Å²) in [6.45, 7) is 5.23. The second-order valence-electron chi connectivity index (χ2n) is 8.27. The zero-order chi connectivity index (χ0) is 21.6. The Kier molecular flexibility index (Phi) is 7.37. The minimum absolute atomic E-state index is 0.0987. The van der Waals surface area contributed by atoms with Gasteiger partial charge in [-0.15, -0.1) is 5.10 Å². The molecule has 1 saturated carbocycles. The van der Waals surface area contributed by atoms with Crippen molar-refractivity contribution in [3.63, 3.8) is 0 Å². The average molecular weight is 431 g/mol. The molecule has 1 aliphatic heterocycles. The monoisotopic (exact) mass is 430 g/mol. The van der Waals surface area contributed by atoms with E-state index >= 15 is 0 Å². The molecule has 1 aliphatic carbocycles. The second kappa shape index (κ2) is 10.4. The van der Waals surface area contributed by atoms with Crippen LogP contribution in [0.15, 0.2) is 18.2 Å². The Hall–Kier alpha value is -2.23. The third-order valence-corrected chi connectivity index (χ3v) is 6.60. The molecule has 0 N–H and O–H groups in total. The molecule has 0 amide bonds. The van der Waals surface area contributed by atoms with Crippen LogP contribution < -0.4 is 9.47 Å². The SMILES string of the molecule is COCCn1nnnc1[C@@H](c1ccc(OC)cc1OC)N1CCN(C2CCCC2)CC1. The fraction of sp³-hybridized carbons (Fsp3) is 0.682. The molecular formula is C22H34N6O3. The maximum Gasteiger partial charge on any atom is 0.173 e. The number of hydrogen-bond donors (Lipinski definition) is 0. The lowest BCUT2D eigenvalue weighted by molar-refractivity contribution is 0.0756. The molecule has 2 fully saturated rings. The molecule has 9 nitrogen and oxygen atoms in total. The average Bonchev–Trinajstić information content (AvgIpc) is 3.51. The maximum absolute atomic E-state index is 5.76. The Morgan fingerprint density at radius 3 is 2.48 bits per heavy atom. The molecule has 2 heterocycles. The van der Waals surface area contributed by atoms with Gasteiger partial charge in [0.05, 0.1) is 27.4 Å². The molecular weight excluding hydrogens is 396 g/mol. The smallest absolute Gasteiger partial charge is 0.173 e. The highest BCUT2D eigenvalue weighted by Gasteiger charge is 2.34. The summed E-state index contributed by atoms with van der Waals surface area (Å²) in [5.74, 6) is 2.36. The molecule has 1 saturated heterocycles. The van der Waals surface area contributed by atoms with Crippen LogP contribution in [0.2, 0.25) is 0 Å². The van der Waals surface area contributed by atoms with Gasteiger partial charge in [-0.2, -0.15) is 0 Å². The van der Waals surface area contributed by atoms with Gasteiger partial charge in [-0.05, 0) is 35.4 Å². The van der Waals surface area contributed by atoms with Crippen LogP contribution in [0.5, 0.6) is 11.5 Å². The molecule has 2 aromatic rings. The van der Waals surface area contributed by atoms with E-state index in [0.717, 1.165) is 55.1 Å². The van der Waals surface area contributed by atoms with Gasteiger partial charge in [0.1, 0.15) is 17.5 Å². The maximum atomic E-state index is 5.76. The largest absolute Gasteiger partial charge is 0.497 e. The standard InChI is InChI=1S/C22H34N6O3/c1-29-15-14-28-22(23-24-25-28)21(19-9-8-18(30-2)16-20(19)31-3)27-12-10-26(11-13-27)17-6-4-5-7-17/h8-9,16-17,21H,4-7,10-15H2,1-3H3/t21-/m1/s1. The van der Waals surface area contributed by atoms with Crippen molar-refractivity contribution < 1.29 is 14.2 Å². The number of piperazine rings is 1. The van der Waals surface area contributed by atoms with Crippen molar-refractivity contribution in [3.05, 3.63) is 29.6 Å². The van der Waals surface area contributed by atoms with Gasteiger partial charge in [-0.1, -0.05) is 12.8 Å². The number of methoxy groups -OCH3 is 3. The highest BCUT2D eigenvalue weighted by atomic mass is 16.5. The molecule has 1 aromatic heterocycles. The van der Waals surface area contributed by atoms with Gasteiger partial charge in [0, 0.05) is 51.0 Å². The Morgan fingerprint density at radius 1 is 1.03 bits per heavy atom. The van der Waals surface area contributed by atoms with Crippen LogP contribution in [-0.2, 0) is 11.3 Å². The highest BCUT2D eigenvalue weighted by molar-refractivity contribution is 5.44. The van der Waals surface area contributed by atoms with Gasteiger partial charge < -0.3 is 14.2 Å². The minimum Gasteiger partial charge on any atom is -0.497 e. The van der Waals surface area contributed by atoms with Crippen LogP contribution in [0.3, 0.4) is 0 Å². The van der Waals surface area contributed by atoms with Crippen molar-refractivity contribution in [1.82, 2.24) is 30.0 Å². The van der Waals surface area contributed by atoms with E-state index in [1.54, 1.807) is 21.3 Å². The number of hydrogen-bond acceptors (Lipinski definition) is 8. The van der Waals surface area contributed by atoms with Crippen LogP contribution in [0.1, 0.15) is 43.1 Å². The van der Waals surface area contributed by atoms with Gasteiger partial charge in [-0.3, -0.25) is 9.80 Å². The Bertz CT molecular complexity index is 830. The van der Waals surface area contributed by atoms with Gasteiger partial charge >= 0.3 is 0 Å². The number of aromatic nitrogens is 4. The van der Waals surface area contributed by atoms with Crippen LogP contribution in [-0.4, -0.2) is 90.2 Å². The molecule has 0 radical (unpaired) electrons. The minimum atomic E-state index is -0.0987. The highest BCUT2D eigenvalue weighted by Crippen LogP contribution is 2.37. The lowest BCUT2D eigenvalue weighted by atomic mass is 10.0. The van der Waals surface area contributed by atoms with Gasteiger partial charge in [-0.25, -0.2) is 4.68 Å². The van der Waals surface area contributed by atoms with Crippen LogP contribution >= 0.6 is 0 Å². The predicted octanol–water partition coefficient (Wildman–Crippen LogP) is 1.99. The summed E-state index contributed by atoms with van der Waals surface area (Å²) in [5, 5.41) is 12.7. The normalized spacial score (nSPS) is 19.6. The zero-order valence-corrected chi connectivity index (χ0v) is 18.9. The lowest BCUT2D eigenvalue weighted by Gasteiger charge is -2.41. The Morgan fingerprint density at radius 2 is 1.81 bits per heavy atom. The third kappa shape index (κ3) is 4.83. The van der Waals surface area contributed by atoms with E-state index < -0.39 is 0 Å². The fourth-order valence-electron chi connectivity index (χ4n) is 4.92. The van der Waals surface area contributed by atoms with Gasteiger partial charge in [0.15, 0.2) is 5.82 Å². The molecule has 31 heavy (non-hydrogen) atoms. The number of benzene rings is 1. The summed E-state index contributed by atoms with van der Waals surface area (Å²) in [5.41, 5.74) is 1.05. The third-order valence-electron chi connectivity index (χ3n) is 6.60. The van der Waals surface area contributed by atoms with E-state index in [4.69, 9.17) is 14.2 Å². The molecule has 0 unspecified atom stereocenters. The molecule has 2 aliphatic rings. The van der Waals surface area contributed by atoms with E-state index in [1.165, 1.54) is 25.7 Å². The van der Waals surface area contributed by atoms with E-state index in [-0.39, 0.29) is 6.04 Å². The van der Waals surface area contributed by atoms with E-state index in [0.29, 0.717) is 13.2 Å². The van der Waals surface area contributed by atoms with Crippen LogP contribution in [0, 0.1) is 0 Å². The molecule has 0 spiro atoms. The first-order valence-electron chi connectivity index (χ1n) is 11.2. The summed E-state index contributed by atoms with van der Waals surface area (Å²) in [6, 6.07) is 6.63. The van der Waals surface area contributed by atoms with Crippen molar-refractivity contribution >= 4 is 0 Å². The number of nitrogens with zero attached hydrogens (tertiary/aromatic N) is 6. The van der Waals surface area contributed by atoms with E-state index in [1.807, 2.05) is 16.8 Å². The van der Waals surface area contributed by atoms with Crippen LogP contribution in [0.25, 0.3) is 0 Å². The first-order chi connectivity index (χ1) is 15.2. The molecule has 1 atom stereocenters. The zero-order valence-electron chi connectivity index (χ0n) is 18.9. The molecule has 170 valence electrons. The van der Waals surface area contributed by atoms with Crippen molar-refractivity contribution in [1.29, 1.82) is 0 Å². The summed E-state index contributed by atoms with van der Waals surface area (Å²) < 4.78 is 18.3. The summed E-state index contributed by atoms with van der Waals surface area (Å²) in [6.07, 6.45) is 5.41. The molecule has 0 bridgehead atoms. The molecule has 1 aromatic carbocycles. The summed E-state index contributed by atoms with van der Waals surface area (Å²) in [7, 11) is 5.05. The van der Waals surface area contributed by atoms with E-state index in [9.17, 15) is 0 Å². The van der Waals surface area contributed by atoms with Crippen molar-refractivity contribution in [2.45, 2.75) is 44.3 Å². The van der Waals surface area contributed by atoms with Crippen molar-refractivity contribution in [2.24, 2.45) is 0 Å². The van der Waals surface area contributed by atoms with Gasteiger partial charge in [0.25, 0.3) is 0 Å². The first-order valence-corrected chi connectivity index (χ1v) is 11.2. The Labute approximate surface area is 184 Å². The topological polar surface area (TPSA) is 77.8 Å². The number of tetrazole rings is 1. The lowest BCUT2D eigenvalue weighted by Crippen LogP contribution is -2.51. The quantitative estimate of drug-likeness (QED) is 0.598. The van der Waals surface area contributed by atoms with Crippen molar-refractivity contribution in [3.8, 4) is 11.5 Å². The number of ether oxygens (including phenoxy) is 3.